The second kappa shape index (κ2) is 10.1. The van der Waals surface area contributed by atoms with Gasteiger partial charge in [-0.1, -0.05) is 123 Å². The van der Waals surface area contributed by atoms with Crippen molar-refractivity contribution < 1.29 is 0 Å². The fourth-order valence-electron chi connectivity index (χ4n) is 8.26. The average Bonchev–Trinajstić information content (AvgIpc) is 3.73. The molecule has 4 nitrogen and oxygen atoms in total. The summed E-state index contributed by atoms with van der Waals surface area (Å²) in [5, 5.41) is 17.2. The van der Waals surface area contributed by atoms with Gasteiger partial charge in [0.25, 0.3) is 0 Å². The van der Waals surface area contributed by atoms with Crippen LogP contribution in [0.4, 0.5) is 0 Å². The molecule has 1 saturated heterocycles. The van der Waals surface area contributed by atoms with Gasteiger partial charge in [0.15, 0.2) is 0 Å². The van der Waals surface area contributed by atoms with Gasteiger partial charge in [-0.25, -0.2) is 0 Å². The van der Waals surface area contributed by atoms with Crippen LogP contribution in [-0.2, 0) is 5.41 Å². The summed E-state index contributed by atoms with van der Waals surface area (Å²) in [6.07, 6.45) is -0.336. The molecule has 228 valence electrons. The first kappa shape index (κ1) is 27.3. The summed E-state index contributed by atoms with van der Waals surface area (Å²) in [5.74, 6) is 0. The van der Waals surface area contributed by atoms with Crippen LogP contribution in [0.1, 0.15) is 54.7 Å². The Kier molecular flexibility index (Phi) is 5.88. The molecule has 2 aromatic heterocycles. The summed E-state index contributed by atoms with van der Waals surface area (Å²) in [5.41, 5.74) is 10.4. The molecule has 0 saturated carbocycles. The zero-order chi connectivity index (χ0) is 31.3. The normalized spacial score (nSPS) is 20.3. The van der Waals surface area contributed by atoms with E-state index in [9.17, 15) is 0 Å². The quantitative estimate of drug-likeness (QED) is 0.183. The Hall–Kier alpha value is -4.78. The molecule has 2 aliphatic rings. The number of thiophene rings is 1. The van der Waals surface area contributed by atoms with Crippen molar-refractivity contribution in [1.29, 1.82) is 0 Å². The Bertz CT molecular complexity index is 2510. The van der Waals surface area contributed by atoms with Gasteiger partial charge < -0.3 is 4.57 Å². The SMILES string of the molecule is CC1(C)c2ccccc2-c2cc3c(cc21)c1ccccc1n3C1NC(c2ccccc2)NC(c2cccc3c2sc2ccccc23)N1. The van der Waals surface area contributed by atoms with Crippen molar-refractivity contribution in [2.75, 3.05) is 0 Å². The third kappa shape index (κ3) is 3.98. The molecular formula is C42H34N4S. The van der Waals surface area contributed by atoms with Crippen molar-refractivity contribution in [3.63, 3.8) is 0 Å². The van der Waals surface area contributed by atoms with E-state index in [0.717, 1.165) is 0 Å². The lowest BCUT2D eigenvalue weighted by atomic mass is 9.82. The maximum absolute atomic E-state index is 4.04. The molecular weight excluding hydrogens is 593 g/mol. The smallest absolute Gasteiger partial charge is 0.142 e. The molecule has 0 amide bonds. The van der Waals surface area contributed by atoms with Crippen molar-refractivity contribution in [2.24, 2.45) is 0 Å². The standard InChI is InChI=1S/C42H34N4S/c1-42(2)33-20-9-6-15-26(33)31-24-36-32(23-34(31)42)27-16-7-10-21-35(27)46(36)41-44-39(25-13-4-3-5-14-25)43-40(45-41)30-19-12-18-29-28-17-8-11-22-37(28)47-38(29)30/h3-24,39-41,43-45H,1-2H3. The summed E-state index contributed by atoms with van der Waals surface area (Å²) >= 11 is 1.88. The molecule has 0 bridgehead atoms. The fourth-order valence-corrected chi connectivity index (χ4v) is 9.51. The van der Waals surface area contributed by atoms with E-state index in [1.165, 1.54) is 75.4 Å². The van der Waals surface area contributed by atoms with E-state index in [0.29, 0.717) is 0 Å². The third-order valence-electron chi connectivity index (χ3n) is 10.5. The van der Waals surface area contributed by atoms with E-state index < -0.39 is 0 Å². The third-order valence-corrected chi connectivity index (χ3v) is 11.8. The topological polar surface area (TPSA) is 41.0 Å². The highest BCUT2D eigenvalue weighted by atomic mass is 32.1. The molecule has 6 aromatic carbocycles. The number of fused-ring (bicyclic) bond motifs is 9. The van der Waals surface area contributed by atoms with Gasteiger partial charge in [-0.15, -0.1) is 11.3 Å². The lowest BCUT2D eigenvalue weighted by Crippen LogP contribution is -2.56. The van der Waals surface area contributed by atoms with E-state index in [2.05, 4.69) is 168 Å². The van der Waals surface area contributed by atoms with Crippen LogP contribution in [-0.4, -0.2) is 4.57 Å². The number of benzene rings is 6. The first-order valence-corrected chi connectivity index (χ1v) is 17.3. The maximum atomic E-state index is 4.04. The molecule has 1 aliphatic heterocycles. The number of nitrogens with one attached hydrogen (secondary N) is 3. The molecule has 47 heavy (non-hydrogen) atoms. The van der Waals surface area contributed by atoms with Crippen LogP contribution >= 0.6 is 11.3 Å². The summed E-state index contributed by atoms with van der Waals surface area (Å²) in [6, 6.07) is 49.0. The summed E-state index contributed by atoms with van der Waals surface area (Å²) < 4.78 is 5.14. The second-order valence-corrected chi connectivity index (χ2v) is 14.5. The highest BCUT2D eigenvalue weighted by Gasteiger charge is 2.37. The van der Waals surface area contributed by atoms with E-state index in [-0.39, 0.29) is 24.0 Å². The van der Waals surface area contributed by atoms with Crippen molar-refractivity contribution in [3.8, 4) is 11.1 Å². The largest absolute Gasteiger partial charge is 0.311 e. The minimum Gasteiger partial charge on any atom is -0.311 e. The molecule has 3 atom stereocenters. The van der Waals surface area contributed by atoms with Gasteiger partial charge in [0, 0.05) is 41.9 Å². The Balaban J connectivity index is 1.19. The number of hydrogen-bond acceptors (Lipinski definition) is 4. The first-order chi connectivity index (χ1) is 23.1. The van der Waals surface area contributed by atoms with Gasteiger partial charge in [-0.2, -0.15) is 0 Å². The number of rotatable bonds is 3. The molecule has 3 unspecified atom stereocenters. The monoisotopic (exact) mass is 626 g/mol. The van der Waals surface area contributed by atoms with Crippen LogP contribution in [0.3, 0.4) is 0 Å². The van der Waals surface area contributed by atoms with E-state index in [1.807, 2.05) is 11.3 Å². The predicted octanol–water partition coefficient (Wildman–Crippen LogP) is 10.1. The first-order valence-electron chi connectivity index (χ1n) is 16.5. The van der Waals surface area contributed by atoms with Crippen molar-refractivity contribution in [1.82, 2.24) is 20.5 Å². The number of hydrogen-bond donors (Lipinski definition) is 3. The summed E-state index contributed by atoms with van der Waals surface area (Å²) in [6.45, 7) is 4.73. The van der Waals surface area contributed by atoms with Crippen molar-refractivity contribution >= 4 is 53.3 Å². The number of aromatic nitrogens is 1. The molecule has 0 spiro atoms. The summed E-state index contributed by atoms with van der Waals surface area (Å²) in [7, 11) is 0. The molecule has 1 fully saturated rings. The average molecular weight is 627 g/mol. The lowest BCUT2D eigenvalue weighted by Gasteiger charge is -2.40. The predicted molar refractivity (Wildman–Crippen MR) is 197 cm³/mol. The maximum Gasteiger partial charge on any atom is 0.142 e. The molecule has 1 aliphatic carbocycles. The molecule has 3 N–H and O–H groups in total. The van der Waals surface area contributed by atoms with Gasteiger partial charge in [0.1, 0.15) is 6.29 Å². The minimum absolute atomic E-state index is 0.0546. The molecule has 5 heteroatoms. The highest BCUT2D eigenvalue weighted by molar-refractivity contribution is 7.26. The Labute approximate surface area is 277 Å². The number of nitrogens with zero attached hydrogens (tertiary/aromatic N) is 1. The number of para-hydroxylation sites is 1. The highest BCUT2D eigenvalue weighted by Crippen LogP contribution is 2.51. The minimum atomic E-state index is -0.179. The molecule has 0 radical (unpaired) electrons. The van der Waals surface area contributed by atoms with Crippen LogP contribution in [0.15, 0.2) is 133 Å². The Morgan fingerprint density at radius 1 is 0.553 bits per heavy atom. The Morgan fingerprint density at radius 2 is 1.28 bits per heavy atom. The van der Waals surface area contributed by atoms with Crippen molar-refractivity contribution in [2.45, 2.75) is 37.9 Å². The second-order valence-electron chi connectivity index (χ2n) is 13.5. The lowest BCUT2D eigenvalue weighted by molar-refractivity contribution is 0.162. The van der Waals surface area contributed by atoms with Crippen LogP contribution in [0, 0.1) is 0 Å². The molecule has 10 rings (SSSR count). The molecule has 3 heterocycles. The van der Waals surface area contributed by atoms with Crippen LogP contribution in [0.25, 0.3) is 53.1 Å². The molecule has 8 aromatic rings. The fraction of sp³-hybridized carbons (Fsp3) is 0.143. The van der Waals surface area contributed by atoms with Crippen LogP contribution in [0.5, 0.6) is 0 Å². The zero-order valence-corrected chi connectivity index (χ0v) is 27.1. The Morgan fingerprint density at radius 3 is 2.17 bits per heavy atom. The van der Waals surface area contributed by atoms with Gasteiger partial charge in [0.2, 0.25) is 0 Å². The van der Waals surface area contributed by atoms with Crippen molar-refractivity contribution in [3.05, 3.63) is 156 Å². The van der Waals surface area contributed by atoms with E-state index in [1.54, 1.807) is 0 Å². The van der Waals surface area contributed by atoms with Gasteiger partial charge in [0.05, 0.1) is 23.4 Å². The van der Waals surface area contributed by atoms with Crippen LogP contribution in [0.2, 0.25) is 0 Å². The van der Waals surface area contributed by atoms with Gasteiger partial charge in [-0.3, -0.25) is 16.0 Å². The van der Waals surface area contributed by atoms with E-state index >= 15 is 0 Å². The van der Waals surface area contributed by atoms with Gasteiger partial charge in [-0.05, 0) is 52.1 Å². The van der Waals surface area contributed by atoms with Gasteiger partial charge >= 0.3 is 0 Å². The zero-order valence-electron chi connectivity index (χ0n) is 26.3. The summed E-state index contributed by atoms with van der Waals surface area (Å²) in [4.78, 5) is 0. The van der Waals surface area contributed by atoms with E-state index in [4.69, 9.17) is 0 Å². The van der Waals surface area contributed by atoms with Crippen LogP contribution < -0.4 is 16.0 Å².